The van der Waals surface area contributed by atoms with Gasteiger partial charge in [0.1, 0.15) is 29.5 Å². The maximum absolute atomic E-state index is 5.36. The zero-order valence-corrected chi connectivity index (χ0v) is 13.9. The molecule has 2 N–H and O–H groups in total. The van der Waals surface area contributed by atoms with Crippen molar-refractivity contribution in [3.63, 3.8) is 0 Å². The Bertz CT molecular complexity index is 619. The van der Waals surface area contributed by atoms with Crippen molar-refractivity contribution < 1.29 is 9.47 Å². The third-order valence-electron chi connectivity index (χ3n) is 3.42. The van der Waals surface area contributed by atoms with Crippen LogP contribution in [0.1, 0.15) is 26.2 Å². The minimum atomic E-state index is 0.699. The van der Waals surface area contributed by atoms with E-state index in [2.05, 4.69) is 27.5 Å². The predicted molar refractivity (Wildman–Crippen MR) is 92.9 cm³/mol. The van der Waals surface area contributed by atoms with Gasteiger partial charge in [0.15, 0.2) is 0 Å². The van der Waals surface area contributed by atoms with Crippen LogP contribution >= 0.6 is 0 Å². The number of nitrogens with one attached hydrogen (secondary N) is 2. The second kappa shape index (κ2) is 8.82. The van der Waals surface area contributed by atoms with Crippen LogP contribution in [0.25, 0.3) is 0 Å². The second-order valence-electron chi connectivity index (χ2n) is 5.11. The summed E-state index contributed by atoms with van der Waals surface area (Å²) < 4.78 is 10.6. The first-order chi connectivity index (χ1) is 11.3. The molecular formula is C17H24N4O2. The number of aromatic nitrogens is 2. The van der Waals surface area contributed by atoms with Crippen molar-refractivity contribution in [3.05, 3.63) is 30.6 Å². The molecule has 0 spiro atoms. The lowest BCUT2D eigenvalue weighted by molar-refractivity contribution is 0.405. The standard InChI is InChI=1S/C17H24N4O2/c1-4-5-6-9-18-16-11-17(20-12-19-16)21-14-10-13(22-2)7-8-15(14)23-3/h7-8,10-12H,4-6,9H2,1-3H3,(H2,18,19,20,21). The van der Waals surface area contributed by atoms with E-state index < -0.39 is 0 Å². The molecule has 23 heavy (non-hydrogen) atoms. The second-order valence-corrected chi connectivity index (χ2v) is 5.11. The van der Waals surface area contributed by atoms with Crippen LogP contribution in [0, 0.1) is 0 Å². The van der Waals surface area contributed by atoms with Crippen molar-refractivity contribution in [1.82, 2.24) is 9.97 Å². The molecule has 1 aromatic carbocycles. The molecule has 0 saturated carbocycles. The number of benzene rings is 1. The third-order valence-corrected chi connectivity index (χ3v) is 3.42. The van der Waals surface area contributed by atoms with E-state index >= 15 is 0 Å². The number of hydrogen-bond donors (Lipinski definition) is 2. The lowest BCUT2D eigenvalue weighted by Gasteiger charge is -2.13. The first-order valence-electron chi connectivity index (χ1n) is 7.81. The fourth-order valence-corrected chi connectivity index (χ4v) is 2.16. The van der Waals surface area contributed by atoms with E-state index in [4.69, 9.17) is 9.47 Å². The highest BCUT2D eigenvalue weighted by molar-refractivity contribution is 5.67. The Morgan fingerprint density at radius 3 is 2.57 bits per heavy atom. The number of rotatable bonds is 9. The monoisotopic (exact) mass is 316 g/mol. The zero-order valence-electron chi connectivity index (χ0n) is 13.9. The van der Waals surface area contributed by atoms with Crippen molar-refractivity contribution in [3.8, 4) is 11.5 Å². The average Bonchev–Trinajstić information content (AvgIpc) is 2.59. The maximum Gasteiger partial charge on any atom is 0.142 e. The van der Waals surface area contributed by atoms with Crippen LogP contribution in [-0.4, -0.2) is 30.7 Å². The van der Waals surface area contributed by atoms with Crippen molar-refractivity contribution in [2.24, 2.45) is 0 Å². The highest BCUT2D eigenvalue weighted by Gasteiger charge is 2.07. The van der Waals surface area contributed by atoms with Crippen LogP contribution in [0.5, 0.6) is 11.5 Å². The largest absolute Gasteiger partial charge is 0.497 e. The van der Waals surface area contributed by atoms with Crippen LogP contribution in [0.2, 0.25) is 0 Å². The zero-order chi connectivity index (χ0) is 16.5. The SMILES string of the molecule is CCCCCNc1cc(Nc2cc(OC)ccc2OC)ncn1. The highest BCUT2D eigenvalue weighted by atomic mass is 16.5. The Morgan fingerprint density at radius 2 is 1.83 bits per heavy atom. The predicted octanol–water partition coefficient (Wildman–Crippen LogP) is 3.84. The Morgan fingerprint density at radius 1 is 1.00 bits per heavy atom. The lowest BCUT2D eigenvalue weighted by Crippen LogP contribution is -2.05. The van der Waals surface area contributed by atoms with Gasteiger partial charge in [-0.2, -0.15) is 0 Å². The van der Waals surface area contributed by atoms with E-state index in [0.29, 0.717) is 5.82 Å². The van der Waals surface area contributed by atoms with E-state index in [-0.39, 0.29) is 0 Å². The van der Waals surface area contributed by atoms with Gasteiger partial charge >= 0.3 is 0 Å². The van der Waals surface area contributed by atoms with Crippen LogP contribution in [-0.2, 0) is 0 Å². The minimum Gasteiger partial charge on any atom is -0.497 e. The summed E-state index contributed by atoms with van der Waals surface area (Å²) in [5, 5.41) is 6.55. The summed E-state index contributed by atoms with van der Waals surface area (Å²) in [6.45, 7) is 3.10. The Labute approximate surface area is 137 Å². The van der Waals surface area contributed by atoms with Crippen LogP contribution in [0.4, 0.5) is 17.3 Å². The quantitative estimate of drug-likeness (QED) is 0.685. The summed E-state index contributed by atoms with van der Waals surface area (Å²) in [7, 11) is 3.27. The van der Waals surface area contributed by atoms with E-state index in [1.807, 2.05) is 24.3 Å². The third kappa shape index (κ3) is 5.02. The van der Waals surface area contributed by atoms with Gasteiger partial charge in [-0.1, -0.05) is 19.8 Å². The van der Waals surface area contributed by atoms with Crippen LogP contribution < -0.4 is 20.1 Å². The molecule has 0 bridgehead atoms. The molecule has 124 valence electrons. The van der Waals surface area contributed by atoms with Crippen molar-refractivity contribution >= 4 is 17.3 Å². The van der Waals surface area contributed by atoms with E-state index in [1.54, 1.807) is 14.2 Å². The lowest BCUT2D eigenvalue weighted by atomic mass is 10.2. The number of nitrogens with zero attached hydrogens (tertiary/aromatic N) is 2. The summed E-state index contributed by atoms with van der Waals surface area (Å²) in [4.78, 5) is 8.49. The number of hydrogen-bond acceptors (Lipinski definition) is 6. The van der Waals surface area contributed by atoms with Crippen molar-refractivity contribution in [1.29, 1.82) is 0 Å². The Hall–Kier alpha value is -2.50. The van der Waals surface area contributed by atoms with Gasteiger partial charge in [-0.25, -0.2) is 9.97 Å². The maximum atomic E-state index is 5.36. The minimum absolute atomic E-state index is 0.699. The normalized spacial score (nSPS) is 10.2. The summed E-state index contributed by atoms with van der Waals surface area (Å²) in [6, 6.07) is 7.46. The van der Waals surface area contributed by atoms with Crippen LogP contribution in [0.15, 0.2) is 30.6 Å². The molecule has 0 atom stereocenters. The molecular weight excluding hydrogens is 292 g/mol. The fraction of sp³-hybridized carbons (Fsp3) is 0.412. The Balaban J connectivity index is 2.08. The molecule has 0 fully saturated rings. The summed E-state index contributed by atoms with van der Waals surface area (Å²) in [5.74, 6) is 2.98. The molecule has 0 radical (unpaired) electrons. The van der Waals surface area contributed by atoms with Gasteiger partial charge in [-0.05, 0) is 18.6 Å². The van der Waals surface area contributed by atoms with Gasteiger partial charge in [0.25, 0.3) is 0 Å². The number of ether oxygens (including phenoxy) is 2. The first-order valence-corrected chi connectivity index (χ1v) is 7.81. The van der Waals surface area contributed by atoms with Gasteiger partial charge < -0.3 is 20.1 Å². The van der Waals surface area contributed by atoms with Gasteiger partial charge in [-0.15, -0.1) is 0 Å². The van der Waals surface area contributed by atoms with Gasteiger partial charge in [0.05, 0.1) is 19.9 Å². The van der Waals surface area contributed by atoms with E-state index in [9.17, 15) is 0 Å². The molecule has 0 amide bonds. The summed E-state index contributed by atoms with van der Waals surface area (Å²) in [5.41, 5.74) is 0.794. The molecule has 6 nitrogen and oxygen atoms in total. The molecule has 0 aliphatic rings. The molecule has 1 heterocycles. The van der Waals surface area contributed by atoms with E-state index in [0.717, 1.165) is 36.0 Å². The van der Waals surface area contributed by atoms with Crippen molar-refractivity contribution in [2.45, 2.75) is 26.2 Å². The summed E-state index contributed by atoms with van der Waals surface area (Å²) in [6.07, 6.45) is 5.09. The smallest absolute Gasteiger partial charge is 0.142 e. The number of anilines is 3. The fourth-order valence-electron chi connectivity index (χ4n) is 2.16. The molecule has 0 aliphatic heterocycles. The molecule has 2 aromatic rings. The van der Waals surface area contributed by atoms with E-state index in [1.165, 1.54) is 19.2 Å². The van der Waals surface area contributed by atoms with Gasteiger partial charge in [-0.3, -0.25) is 0 Å². The average molecular weight is 316 g/mol. The van der Waals surface area contributed by atoms with Crippen molar-refractivity contribution in [2.75, 3.05) is 31.4 Å². The summed E-state index contributed by atoms with van der Waals surface area (Å²) >= 11 is 0. The first kappa shape index (κ1) is 16.9. The molecule has 2 rings (SSSR count). The topological polar surface area (TPSA) is 68.3 Å². The Kier molecular flexibility index (Phi) is 6.47. The molecule has 6 heteroatoms. The van der Waals surface area contributed by atoms with Gasteiger partial charge in [0.2, 0.25) is 0 Å². The molecule has 0 aliphatic carbocycles. The highest BCUT2D eigenvalue weighted by Crippen LogP contribution is 2.31. The van der Waals surface area contributed by atoms with Crippen LogP contribution in [0.3, 0.4) is 0 Å². The molecule has 0 saturated heterocycles. The number of unbranched alkanes of at least 4 members (excludes halogenated alkanes) is 2. The molecule has 0 unspecified atom stereocenters. The van der Waals surface area contributed by atoms with Gasteiger partial charge in [0, 0.05) is 18.7 Å². The molecule has 1 aromatic heterocycles. The number of methoxy groups -OCH3 is 2.